The molecule has 2 heterocycles. The number of hydrogen-bond acceptors (Lipinski definition) is 5. The van der Waals surface area contributed by atoms with Crippen molar-refractivity contribution >= 4 is 46.1 Å². The summed E-state index contributed by atoms with van der Waals surface area (Å²) in [5, 5.41) is 14.6. The molecule has 0 bridgehead atoms. The number of halogens is 2. The van der Waals surface area contributed by atoms with Gasteiger partial charge in [0, 0.05) is 10.8 Å². The normalized spacial score (nSPS) is 12.8. The summed E-state index contributed by atoms with van der Waals surface area (Å²) < 4.78 is 7.19. The fourth-order valence-electron chi connectivity index (χ4n) is 2.52. The summed E-state index contributed by atoms with van der Waals surface area (Å²) in [7, 11) is 1.62. The first-order valence-electron chi connectivity index (χ1n) is 7.31. The SMILES string of the molecule is Br.COc1ccc(Cl)cc1-c1nnc2n1N=C(c1ccccc1)CS2. The van der Waals surface area contributed by atoms with Crippen LogP contribution in [0.15, 0.2) is 58.8 Å². The molecule has 0 unspecified atom stereocenters. The molecule has 2 aromatic carbocycles. The van der Waals surface area contributed by atoms with E-state index in [2.05, 4.69) is 10.2 Å². The molecule has 0 spiro atoms. The van der Waals surface area contributed by atoms with Crippen molar-refractivity contribution in [1.29, 1.82) is 0 Å². The monoisotopic (exact) mass is 436 g/mol. The van der Waals surface area contributed by atoms with Gasteiger partial charge >= 0.3 is 0 Å². The van der Waals surface area contributed by atoms with Crippen LogP contribution in [0.3, 0.4) is 0 Å². The van der Waals surface area contributed by atoms with E-state index in [1.54, 1.807) is 29.6 Å². The van der Waals surface area contributed by atoms with E-state index in [1.165, 1.54) is 0 Å². The van der Waals surface area contributed by atoms with Gasteiger partial charge in [0.1, 0.15) is 5.75 Å². The molecule has 128 valence electrons. The number of nitrogens with zero attached hydrogens (tertiary/aromatic N) is 4. The highest BCUT2D eigenvalue weighted by molar-refractivity contribution is 8.93. The highest BCUT2D eigenvalue weighted by Gasteiger charge is 2.22. The summed E-state index contributed by atoms with van der Waals surface area (Å²) >= 11 is 7.75. The molecule has 3 aromatic rings. The number of benzene rings is 2. The zero-order valence-electron chi connectivity index (χ0n) is 13.2. The molecule has 5 nitrogen and oxygen atoms in total. The molecule has 0 radical (unpaired) electrons. The van der Waals surface area contributed by atoms with E-state index in [-0.39, 0.29) is 17.0 Å². The lowest BCUT2D eigenvalue weighted by Gasteiger charge is -2.14. The largest absolute Gasteiger partial charge is 0.496 e. The summed E-state index contributed by atoms with van der Waals surface area (Å²) in [4.78, 5) is 0. The topological polar surface area (TPSA) is 52.3 Å². The van der Waals surface area contributed by atoms with Crippen LogP contribution in [0.1, 0.15) is 5.56 Å². The molecule has 8 heteroatoms. The Balaban J connectivity index is 0.00000182. The van der Waals surface area contributed by atoms with Crippen molar-refractivity contribution in [2.45, 2.75) is 5.16 Å². The highest BCUT2D eigenvalue weighted by atomic mass is 79.9. The summed E-state index contributed by atoms with van der Waals surface area (Å²) in [5.41, 5.74) is 2.84. The second-order valence-corrected chi connectivity index (χ2v) is 6.54. The molecule has 0 N–H and O–H groups in total. The average Bonchev–Trinajstić information content (AvgIpc) is 3.05. The summed E-state index contributed by atoms with van der Waals surface area (Å²) in [6.07, 6.45) is 0. The van der Waals surface area contributed by atoms with Crippen molar-refractivity contribution in [2.24, 2.45) is 5.10 Å². The molecule has 0 amide bonds. The minimum Gasteiger partial charge on any atom is -0.496 e. The molecule has 0 atom stereocenters. The fourth-order valence-corrected chi connectivity index (χ4v) is 3.53. The van der Waals surface area contributed by atoms with Gasteiger partial charge in [-0.05, 0) is 23.8 Å². The molecule has 0 fully saturated rings. The van der Waals surface area contributed by atoms with Gasteiger partial charge < -0.3 is 4.74 Å². The molecule has 0 saturated carbocycles. The van der Waals surface area contributed by atoms with Crippen LogP contribution in [0.5, 0.6) is 5.75 Å². The van der Waals surface area contributed by atoms with Crippen LogP contribution in [0, 0.1) is 0 Å². The Labute approximate surface area is 164 Å². The van der Waals surface area contributed by atoms with Gasteiger partial charge in [-0.15, -0.1) is 27.2 Å². The van der Waals surface area contributed by atoms with Gasteiger partial charge in [-0.1, -0.05) is 53.7 Å². The van der Waals surface area contributed by atoms with Gasteiger partial charge in [0.15, 0.2) is 5.82 Å². The Hall–Kier alpha value is -1.83. The summed E-state index contributed by atoms with van der Waals surface area (Å²) in [6.45, 7) is 0. The highest BCUT2D eigenvalue weighted by Crippen LogP contribution is 2.34. The third-order valence-electron chi connectivity index (χ3n) is 3.68. The number of ether oxygens (including phenoxy) is 1. The predicted molar refractivity (Wildman–Crippen MR) is 106 cm³/mol. The smallest absolute Gasteiger partial charge is 0.212 e. The second kappa shape index (κ2) is 7.59. The van der Waals surface area contributed by atoms with Crippen LogP contribution < -0.4 is 4.74 Å². The first-order valence-corrected chi connectivity index (χ1v) is 8.68. The lowest BCUT2D eigenvalue weighted by Crippen LogP contribution is -2.13. The standard InChI is InChI=1S/C17H13ClN4OS.BrH/c1-23-15-8-7-12(18)9-13(15)16-19-20-17-22(16)21-14(10-24-17)11-5-3-2-4-6-11;/h2-9H,10H2,1H3;1H. The van der Waals surface area contributed by atoms with E-state index < -0.39 is 0 Å². The third-order valence-corrected chi connectivity index (χ3v) is 4.85. The number of thioether (sulfide) groups is 1. The van der Waals surface area contributed by atoms with Gasteiger partial charge in [-0.25, -0.2) is 0 Å². The van der Waals surface area contributed by atoms with Crippen molar-refractivity contribution in [1.82, 2.24) is 14.9 Å². The lowest BCUT2D eigenvalue weighted by molar-refractivity contribution is 0.416. The maximum absolute atomic E-state index is 6.14. The molecule has 4 rings (SSSR count). The zero-order valence-corrected chi connectivity index (χ0v) is 16.5. The predicted octanol–water partition coefficient (Wildman–Crippen LogP) is 4.54. The maximum atomic E-state index is 6.14. The summed E-state index contributed by atoms with van der Waals surface area (Å²) in [6, 6.07) is 15.5. The van der Waals surface area contributed by atoms with E-state index >= 15 is 0 Å². The van der Waals surface area contributed by atoms with Crippen LogP contribution in [0.2, 0.25) is 5.02 Å². The van der Waals surface area contributed by atoms with E-state index in [9.17, 15) is 0 Å². The van der Waals surface area contributed by atoms with Crippen molar-refractivity contribution in [2.75, 3.05) is 12.9 Å². The van der Waals surface area contributed by atoms with E-state index in [0.29, 0.717) is 16.6 Å². The van der Waals surface area contributed by atoms with E-state index in [1.807, 2.05) is 42.5 Å². The van der Waals surface area contributed by atoms with Crippen molar-refractivity contribution in [3.63, 3.8) is 0 Å². The van der Waals surface area contributed by atoms with Crippen molar-refractivity contribution in [3.05, 3.63) is 59.1 Å². The Morgan fingerprint density at radius 1 is 1.12 bits per heavy atom. The quantitative estimate of drug-likeness (QED) is 0.603. The number of rotatable bonds is 3. The molecule has 1 aromatic heterocycles. The average molecular weight is 438 g/mol. The van der Waals surface area contributed by atoms with Crippen LogP contribution in [-0.4, -0.2) is 33.4 Å². The van der Waals surface area contributed by atoms with Crippen molar-refractivity contribution < 1.29 is 4.74 Å². The molecule has 0 aliphatic carbocycles. The Morgan fingerprint density at radius 2 is 1.92 bits per heavy atom. The zero-order chi connectivity index (χ0) is 16.5. The van der Waals surface area contributed by atoms with Gasteiger partial charge in [0.25, 0.3) is 0 Å². The first kappa shape index (κ1) is 18.0. The number of methoxy groups -OCH3 is 1. The minimum absolute atomic E-state index is 0. The van der Waals surface area contributed by atoms with Gasteiger partial charge in [0.05, 0.1) is 18.4 Å². The van der Waals surface area contributed by atoms with Crippen LogP contribution in [0.4, 0.5) is 0 Å². The van der Waals surface area contributed by atoms with Crippen molar-refractivity contribution in [3.8, 4) is 17.1 Å². The molecular formula is C17H14BrClN4OS. The second-order valence-electron chi connectivity index (χ2n) is 5.16. The molecule has 25 heavy (non-hydrogen) atoms. The van der Waals surface area contributed by atoms with Crippen LogP contribution in [-0.2, 0) is 0 Å². The molecule has 1 aliphatic heterocycles. The summed E-state index contributed by atoms with van der Waals surface area (Å²) in [5.74, 6) is 2.06. The Bertz CT molecular complexity index is 930. The molecular weight excluding hydrogens is 424 g/mol. The van der Waals surface area contributed by atoms with Crippen LogP contribution in [0.25, 0.3) is 11.4 Å². The number of aromatic nitrogens is 3. The van der Waals surface area contributed by atoms with E-state index in [0.717, 1.165) is 27.7 Å². The Kier molecular flexibility index (Phi) is 5.46. The van der Waals surface area contributed by atoms with E-state index in [4.69, 9.17) is 21.4 Å². The van der Waals surface area contributed by atoms with Gasteiger partial charge in [0.2, 0.25) is 5.16 Å². The third kappa shape index (κ3) is 3.44. The fraction of sp³-hybridized carbons (Fsp3) is 0.118. The molecule has 0 saturated heterocycles. The van der Waals surface area contributed by atoms with Gasteiger partial charge in [-0.2, -0.15) is 9.78 Å². The molecule has 1 aliphatic rings. The first-order chi connectivity index (χ1) is 11.8. The van der Waals surface area contributed by atoms with Crippen LogP contribution >= 0.6 is 40.3 Å². The number of hydrogen-bond donors (Lipinski definition) is 0. The Morgan fingerprint density at radius 3 is 2.68 bits per heavy atom. The van der Waals surface area contributed by atoms with Gasteiger partial charge in [-0.3, -0.25) is 0 Å². The lowest BCUT2D eigenvalue weighted by atomic mass is 10.1. The minimum atomic E-state index is 0. The number of fused-ring (bicyclic) bond motifs is 1. The maximum Gasteiger partial charge on any atom is 0.212 e.